The molecule has 1 aromatic carbocycles. The van der Waals surface area contributed by atoms with Crippen LogP contribution in [0.5, 0.6) is 0 Å². The van der Waals surface area contributed by atoms with Gasteiger partial charge in [-0.2, -0.15) is 0 Å². The Kier molecular flexibility index (Phi) is 9.14. The smallest absolute Gasteiger partial charge is 0.250 e. The summed E-state index contributed by atoms with van der Waals surface area (Å²) in [6, 6.07) is 10.9. The Bertz CT molecular complexity index is 824. The molecule has 0 unspecified atom stereocenters. The number of nitrogens with one attached hydrogen (secondary N) is 2. The summed E-state index contributed by atoms with van der Waals surface area (Å²) in [4.78, 5) is 4.11. The van der Waals surface area contributed by atoms with Gasteiger partial charge in [0.25, 0.3) is 0 Å². The summed E-state index contributed by atoms with van der Waals surface area (Å²) < 4.78 is 27.1. The summed E-state index contributed by atoms with van der Waals surface area (Å²) in [6.07, 6.45) is 0.932. The maximum absolute atomic E-state index is 12.0. The molecular formula is C15H20ClIN4O2S2. The highest BCUT2D eigenvalue weighted by Crippen LogP contribution is 2.25. The standard InChI is InChI=1S/C15H19ClN4O2S2.HI/c1-2-11-4-3-5-12(10-11)20-15(17)18-8-9-19-24(21,22)14-7-6-13(16)23-14;/h3-7,10,19H,2,8-9H2,1H3,(H3,17,18,20);1H. The minimum atomic E-state index is -3.55. The average molecular weight is 515 g/mol. The molecule has 138 valence electrons. The molecule has 0 bridgehead atoms. The van der Waals surface area contributed by atoms with Crippen molar-refractivity contribution in [2.24, 2.45) is 10.7 Å². The van der Waals surface area contributed by atoms with Gasteiger partial charge in [-0.05, 0) is 36.2 Å². The van der Waals surface area contributed by atoms with Gasteiger partial charge in [0.2, 0.25) is 10.0 Å². The van der Waals surface area contributed by atoms with Gasteiger partial charge in [0.1, 0.15) is 4.21 Å². The lowest BCUT2D eigenvalue weighted by Gasteiger charge is -2.07. The number of guanidine groups is 1. The molecule has 0 atom stereocenters. The van der Waals surface area contributed by atoms with Crippen molar-refractivity contribution in [3.8, 4) is 0 Å². The van der Waals surface area contributed by atoms with Gasteiger partial charge < -0.3 is 11.1 Å². The highest BCUT2D eigenvalue weighted by molar-refractivity contribution is 14.0. The van der Waals surface area contributed by atoms with E-state index >= 15 is 0 Å². The fraction of sp³-hybridized carbons (Fsp3) is 0.267. The van der Waals surface area contributed by atoms with Gasteiger partial charge in [-0.15, -0.1) is 35.3 Å². The first-order valence-corrected chi connectivity index (χ1v) is 9.99. The van der Waals surface area contributed by atoms with E-state index in [9.17, 15) is 8.42 Å². The van der Waals surface area contributed by atoms with E-state index in [1.807, 2.05) is 24.3 Å². The normalized spacial score (nSPS) is 11.8. The second-order valence-corrected chi connectivity index (χ2v) is 8.61. The largest absolute Gasteiger partial charge is 0.370 e. The lowest BCUT2D eigenvalue weighted by atomic mass is 10.1. The molecule has 4 N–H and O–H groups in total. The van der Waals surface area contributed by atoms with Gasteiger partial charge in [-0.25, -0.2) is 13.1 Å². The first-order valence-electron chi connectivity index (χ1n) is 7.31. The SMILES string of the molecule is CCc1cccc(NC(N)=NCCNS(=O)(=O)c2ccc(Cl)s2)c1.I. The van der Waals surface area contributed by atoms with Crippen LogP contribution in [0.25, 0.3) is 0 Å². The number of hydrogen-bond donors (Lipinski definition) is 3. The number of anilines is 1. The topological polar surface area (TPSA) is 96.6 Å². The summed E-state index contributed by atoms with van der Waals surface area (Å²) in [5.74, 6) is 0.238. The number of sulfonamides is 1. The van der Waals surface area contributed by atoms with Gasteiger partial charge >= 0.3 is 0 Å². The number of hydrogen-bond acceptors (Lipinski definition) is 4. The van der Waals surface area contributed by atoms with Crippen LogP contribution in [0, 0.1) is 0 Å². The number of aryl methyl sites for hydroxylation is 1. The van der Waals surface area contributed by atoms with Gasteiger partial charge in [0, 0.05) is 12.2 Å². The Morgan fingerprint density at radius 2 is 2.08 bits per heavy atom. The van der Waals surface area contributed by atoms with Crippen molar-refractivity contribution >= 4 is 68.6 Å². The fourth-order valence-electron chi connectivity index (χ4n) is 1.93. The van der Waals surface area contributed by atoms with Gasteiger partial charge in [0.15, 0.2) is 5.96 Å². The molecule has 0 radical (unpaired) electrons. The molecule has 0 saturated carbocycles. The van der Waals surface area contributed by atoms with E-state index < -0.39 is 10.0 Å². The Morgan fingerprint density at radius 1 is 1.32 bits per heavy atom. The molecule has 0 aliphatic heterocycles. The van der Waals surface area contributed by atoms with Crippen LogP contribution >= 0.6 is 46.9 Å². The molecule has 0 aliphatic carbocycles. The fourth-order valence-corrected chi connectivity index (χ4v) is 4.47. The first kappa shape index (κ1) is 22.2. The van der Waals surface area contributed by atoms with Crippen LogP contribution in [0.4, 0.5) is 5.69 Å². The quantitative estimate of drug-likeness (QED) is 0.229. The molecule has 0 fully saturated rings. The lowest BCUT2D eigenvalue weighted by molar-refractivity contribution is 0.584. The van der Waals surface area contributed by atoms with Crippen molar-refractivity contribution in [1.82, 2.24) is 4.72 Å². The van der Waals surface area contributed by atoms with Crippen molar-refractivity contribution in [2.45, 2.75) is 17.6 Å². The zero-order valence-electron chi connectivity index (χ0n) is 13.5. The third kappa shape index (κ3) is 7.10. The van der Waals surface area contributed by atoms with Crippen LogP contribution in [0.2, 0.25) is 4.34 Å². The van der Waals surface area contributed by atoms with Crippen LogP contribution in [-0.2, 0) is 16.4 Å². The number of thiophene rings is 1. The maximum atomic E-state index is 12.0. The van der Waals surface area contributed by atoms with Crippen LogP contribution in [0.15, 0.2) is 45.6 Å². The summed E-state index contributed by atoms with van der Waals surface area (Å²) in [5.41, 5.74) is 7.85. The van der Waals surface area contributed by atoms with Crippen molar-refractivity contribution in [3.05, 3.63) is 46.3 Å². The molecule has 6 nitrogen and oxygen atoms in total. The predicted octanol–water partition coefficient (Wildman–Crippen LogP) is 3.29. The zero-order chi connectivity index (χ0) is 17.6. The Labute approximate surface area is 173 Å². The van der Waals surface area contributed by atoms with Gasteiger partial charge in [-0.3, -0.25) is 4.99 Å². The highest BCUT2D eigenvalue weighted by Gasteiger charge is 2.15. The van der Waals surface area contributed by atoms with Gasteiger partial charge in [-0.1, -0.05) is 30.7 Å². The maximum Gasteiger partial charge on any atom is 0.250 e. The van der Waals surface area contributed by atoms with Crippen molar-refractivity contribution in [1.29, 1.82) is 0 Å². The minimum absolute atomic E-state index is 0. The second kappa shape index (κ2) is 10.3. The third-order valence-corrected chi connectivity index (χ3v) is 6.29. The van der Waals surface area contributed by atoms with E-state index in [-0.39, 0.29) is 47.2 Å². The van der Waals surface area contributed by atoms with Crippen LogP contribution in [0.3, 0.4) is 0 Å². The summed E-state index contributed by atoms with van der Waals surface area (Å²) in [5, 5.41) is 2.98. The van der Waals surface area contributed by atoms with E-state index in [0.717, 1.165) is 23.4 Å². The monoisotopic (exact) mass is 514 g/mol. The summed E-state index contributed by atoms with van der Waals surface area (Å²) in [6.45, 7) is 2.45. The predicted molar refractivity (Wildman–Crippen MR) is 116 cm³/mol. The molecule has 10 heteroatoms. The van der Waals surface area contributed by atoms with Crippen LogP contribution in [0.1, 0.15) is 12.5 Å². The Morgan fingerprint density at radius 3 is 2.72 bits per heavy atom. The van der Waals surface area contributed by atoms with E-state index in [1.165, 1.54) is 11.6 Å². The van der Waals surface area contributed by atoms with Gasteiger partial charge in [0.05, 0.1) is 10.9 Å². The molecular weight excluding hydrogens is 495 g/mol. The number of benzene rings is 1. The van der Waals surface area contributed by atoms with Crippen molar-refractivity contribution < 1.29 is 8.42 Å². The molecule has 25 heavy (non-hydrogen) atoms. The number of aliphatic imine (C=N–C) groups is 1. The first-order chi connectivity index (χ1) is 11.4. The molecule has 0 amide bonds. The van der Waals surface area contributed by atoms with Crippen molar-refractivity contribution in [3.63, 3.8) is 0 Å². The average Bonchev–Trinajstić information content (AvgIpc) is 2.99. The zero-order valence-corrected chi connectivity index (χ0v) is 18.2. The summed E-state index contributed by atoms with van der Waals surface area (Å²) >= 11 is 6.75. The van der Waals surface area contributed by atoms with Crippen molar-refractivity contribution in [2.75, 3.05) is 18.4 Å². The number of halogens is 2. The van der Waals surface area contributed by atoms with E-state index in [1.54, 1.807) is 6.07 Å². The van der Waals surface area contributed by atoms with Crippen LogP contribution < -0.4 is 15.8 Å². The molecule has 0 aliphatic rings. The Hall–Kier alpha value is -0.880. The van der Waals surface area contributed by atoms with E-state index in [0.29, 0.717) is 4.34 Å². The molecule has 1 aromatic heterocycles. The molecule has 2 aromatic rings. The molecule has 0 saturated heterocycles. The number of rotatable bonds is 7. The second-order valence-electron chi connectivity index (χ2n) is 4.90. The summed E-state index contributed by atoms with van der Waals surface area (Å²) in [7, 11) is -3.55. The lowest BCUT2D eigenvalue weighted by Crippen LogP contribution is -2.28. The molecule has 2 rings (SSSR count). The third-order valence-electron chi connectivity index (χ3n) is 3.11. The molecule has 0 spiro atoms. The highest BCUT2D eigenvalue weighted by atomic mass is 127. The number of nitrogens with zero attached hydrogens (tertiary/aromatic N) is 1. The van der Waals surface area contributed by atoms with Crippen LogP contribution in [-0.4, -0.2) is 27.5 Å². The van der Waals surface area contributed by atoms with E-state index in [2.05, 4.69) is 22.0 Å². The van der Waals surface area contributed by atoms with E-state index in [4.69, 9.17) is 17.3 Å². The Balaban J connectivity index is 0.00000312. The minimum Gasteiger partial charge on any atom is -0.370 e. The molecule has 1 heterocycles. The number of nitrogens with two attached hydrogens (primary N) is 1.